The fraction of sp³-hybridized carbons (Fsp3) is 0.462. The van der Waals surface area contributed by atoms with Crippen molar-refractivity contribution in [2.75, 3.05) is 26.0 Å². The number of carbonyl (C=O) groups excluding carboxylic acids is 2. The fourth-order valence-corrected chi connectivity index (χ4v) is 1.58. The number of amides is 2. The van der Waals surface area contributed by atoms with Crippen molar-refractivity contribution in [1.82, 2.24) is 15.6 Å². The van der Waals surface area contributed by atoms with E-state index < -0.39 is 0 Å². The minimum absolute atomic E-state index is 0.0321. The molecule has 0 bridgehead atoms. The molecule has 0 spiro atoms. The second-order valence-electron chi connectivity index (χ2n) is 4.09. The molecular formula is C13H20N4O2. The SMILES string of the molecule is CCCc1cc(C(=O)NCC(=O)NC)cc(NC)n1. The zero-order chi connectivity index (χ0) is 14.3. The quantitative estimate of drug-likeness (QED) is 0.700. The minimum Gasteiger partial charge on any atom is -0.373 e. The summed E-state index contributed by atoms with van der Waals surface area (Å²) in [5, 5.41) is 7.94. The zero-order valence-electron chi connectivity index (χ0n) is 11.5. The highest BCUT2D eigenvalue weighted by Gasteiger charge is 2.10. The molecule has 0 fully saturated rings. The predicted octanol–water partition coefficient (Wildman–Crippen LogP) is 0.552. The molecule has 1 rings (SSSR count). The number of hydrogen-bond acceptors (Lipinski definition) is 4. The Morgan fingerprint density at radius 2 is 2.00 bits per heavy atom. The molecule has 0 aliphatic carbocycles. The third kappa shape index (κ3) is 4.57. The average Bonchev–Trinajstić information content (AvgIpc) is 2.44. The number of anilines is 1. The topological polar surface area (TPSA) is 83.1 Å². The molecule has 2 amide bonds. The number of carbonyl (C=O) groups is 2. The molecule has 0 saturated carbocycles. The van der Waals surface area contributed by atoms with Gasteiger partial charge >= 0.3 is 0 Å². The first-order chi connectivity index (χ1) is 9.10. The monoisotopic (exact) mass is 264 g/mol. The van der Waals surface area contributed by atoms with Crippen LogP contribution in [0.5, 0.6) is 0 Å². The summed E-state index contributed by atoms with van der Waals surface area (Å²) in [7, 11) is 3.28. The molecule has 0 aliphatic heterocycles. The molecule has 0 radical (unpaired) electrons. The maximum Gasteiger partial charge on any atom is 0.251 e. The highest BCUT2D eigenvalue weighted by Crippen LogP contribution is 2.11. The van der Waals surface area contributed by atoms with Gasteiger partial charge in [-0.25, -0.2) is 4.98 Å². The van der Waals surface area contributed by atoms with Crippen molar-refractivity contribution in [2.45, 2.75) is 19.8 Å². The van der Waals surface area contributed by atoms with E-state index in [2.05, 4.69) is 27.9 Å². The third-order valence-electron chi connectivity index (χ3n) is 2.59. The van der Waals surface area contributed by atoms with Crippen molar-refractivity contribution >= 4 is 17.6 Å². The summed E-state index contributed by atoms with van der Waals surface area (Å²) in [5.74, 6) is 0.140. The summed E-state index contributed by atoms with van der Waals surface area (Å²) >= 11 is 0. The van der Waals surface area contributed by atoms with Gasteiger partial charge < -0.3 is 16.0 Å². The van der Waals surface area contributed by atoms with Crippen LogP contribution in [0.3, 0.4) is 0 Å². The number of likely N-dealkylation sites (N-methyl/N-ethyl adjacent to an activating group) is 1. The van der Waals surface area contributed by atoms with Crippen LogP contribution in [0.25, 0.3) is 0 Å². The number of aromatic nitrogens is 1. The molecule has 1 aromatic heterocycles. The minimum atomic E-state index is -0.278. The Labute approximate surface area is 113 Å². The Balaban J connectivity index is 2.83. The van der Waals surface area contributed by atoms with Gasteiger partial charge in [0.15, 0.2) is 0 Å². The van der Waals surface area contributed by atoms with Gasteiger partial charge in [0, 0.05) is 25.4 Å². The van der Waals surface area contributed by atoms with Crippen molar-refractivity contribution in [3.8, 4) is 0 Å². The normalized spacial score (nSPS) is 9.84. The van der Waals surface area contributed by atoms with Crippen LogP contribution in [-0.2, 0) is 11.2 Å². The Kier molecular flexibility index (Phi) is 5.78. The summed E-state index contributed by atoms with van der Waals surface area (Å²) in [6.07, 6.45) is 1.77. The fourth-order valence-electron chi connectivity index (χ4n) is 1.58. The van der Waals surface area contributed by atoms with Gasteiger partial charge in [0.1, 0.15) is 5.82 Å². The van der Waals surface area contributed by atoms with E-state index in [0.717, 1.165) is 18.5 Å². The van der Waals surface area contributed by atoms with Crippen LogP contribution < -0.4 is 16.0 Å². The molecule has 0 atom stereocenters. The molecule has 19 heavy (non-hydrogen) atoms. The van der Waals surface area contributed by atoms with E-state index in [1.54, 1.807) is 19.2 Å². The first-order valence-electron chi connectivity index (χ1n) is 6.28. The number of hydrogen-bond donors (Lipinski definition) is 3. The van der Waals surface area contributed by atoms with E-state index in [-0.39, 0.29) is 18.4 Å². The van der Waals surface area contributed by atoms with Crippen molar-refractivity contribution in [3.63, 3.8) is 0 Å². The average molecular weight is 264 g/mol. The van der Waals surface area contributed by atoms with Gasteiger partial charge in [0.05, 0.1) is 6.54 Å². The molecule has 0 saturated heterocycles. The largest absolute Gasteiger partial charge is 0.373 e. The molecule has 0 aliphatic rings. The van der Waals surface area contributed by atoms with Crippen molar-refractivity contribution in [2.24, 2.45) is 0 Å². The molecule has 1 heterocycles. The van der Waals surface area contributed by atoms with Gasteiger partial charge in [0.2, 0.25) is 5.91 Å². The van der Waals surface area contributed by atoms with Gasteiger partial charge in [0.25, 0.3) is 5.91 Å². The van der Waals surface area contributed by atoms with Crippen molar-refractivity contribution in [3.05, 3.63) is 23.4 Å². The molecule has 6 nitrogen and oxygen atoms in total. The lowest BCUT2D eigenvalue weighted by Gasteiger charge is -2.08. The zero-order valence-corrected chi connectivity index (χ0v) is 11.5. The summed E-state index contributed by atoms with van der Waals surface area (Å²) in [6.45, 7) is 2.02. The molecule has 1 aromatic rings. The van der Waals surface area contributed by atoms with Crippen LogP contribution in [0.2, 0.25) is 0 Å². The first-order valence-corrected chi connectivity index (χ1v) is 6.28. The second-order valence-corrected chi connectivity index (χ2v) is 4.09. The van der Waals surface area contributed by atoms with Crippen LogP contribution in [0, 0.1) is 0 Å². The lowest BCUT2D eigenvalue weighted by atomic mass is 10.1. The summed E-state index contributed by atoms with van der Waals surface area (Å²) in [6, 6.07) is 3.42. The summed E-state index contributed by atoms with van der Waals surface area (Å²) < 4.78 is 0. The molecule has 104 valence electrons. The first kappa shape index (κ1) is 14.9. The number of pyridine rings is 1. The van der Waals surface area contributed by atoms with E-state index in [9.17, 15) is 9.59 Å². The summed E-state index contributed by atoms with van der Waals surface area (Å²) in [4.78, 5) is 27.4. The molecule has 0 unspecified atom stereocenters. The van der Waals surface area contributed by atoms with Crippen molar-refractivity contribution in [1.29, 1.82) is 0 Å². The van der Waals surface area contributed by atoms with E-state index >= 15 is 0 Å². The maximum absolute atomic E-state index is 11.9. The van der Waals surface area contributed by atoms with Gasteiger partial charge in [-0.2, -0.15) is 0 Å². The molecule has 6 heteroatoms. The molecule has 3 N–H and O–H groups in total. The Bertz CT molecular complexity index is 460. The molecular weight excluding hydrogens is 244 g/mol. The maximum atomic E-state index is 11.9. The Morgan fingerprint density at radius 1 is 1.26 bits per heavy atom. The van der Waals surface area contributed by atoms with Crippen LogP contribution in [0.1, 0.15) is 29.4 Å². The lowest BCUT2D eigenvalue weighted by molar-refractivity contribution is -0.119. The van der Waals surface area contributed by atoms with Gasteiger partial charge in [-0.3, -0.25) is 9.59 Å². The lowest BCUT2D eigenvalue weighted by Crippen LogP contribution is -2.35. The van der Waals surface area contributed by atoms with E-state index in [0.29, 0.717) is 11.4 Å². The van der Waals surface area contributed by atoms with E-state index in [1.165, 1.54) is 7.05 Å². The molecule has 0 aromatic carbocycles. The second kappa shape index (κ2) is 7.35. The third-order valence-corrected chi connectivity index (χ3v) is 2.59. The highest BCUT2D eigenvalue weighted by atomic mass is 16.2. The number of nitrogens with one attached hydrogen (secondary N) is 3. The van der Waals surface area contributed by atoms with Crippen LogP contribution in [-0.4, -0.2) is 37.4 Å². The van der Waals surface area contributed by atoms with Crippen LogP contribution in [0.4, 0.5) is 5.82 Å². The number of nitrogens with zero attached hydrogens (tertiary/aromatic N) is 1. The number of rotatable bonds is 6. The van der Waals surface area contributed by atoms with E-state index in [4.69, 9.17) is 0 Å². The van der Waals surface area contributed by atoms with Crippen molar-refractivity contribution < 1.29 is 9.59 Å². The van der Waals surface area contributed by atoms with E-state index in [1.807, 2.05) is 0 Å². The Hall–Kier alpha value is -2.11. The predicted molar refractivity (Wildman–Crippen MR) is 74.2 cm³/mol. The van der Waals surface area contributed by atoms with Crippen LogP contribution in [0.15, 0.2) is 12.1 Å². The van der Waals surface area contributed by atoms with Crippen LogP contribution >= 0.6 is 0 Å². The standard InChI is InChI=1S/C13H20N4O2/c1-4-5-10-6-9(7-11(14-2)17-10)13(19)16-8-12(18)15-3/h6-7H,4-5,8H2,1-3H3,(H,14,17)(H,15,18)(H,16,19). The van der Waals surface area contributed by atoms with Gasteiger partial charge in [-0.15, -0.1) is 0 Å². The Morgan fingerprint density at radius 3 is 2.58 bits per heavy atom. The summed E-state index contributed by atoms with van der Waals surface area (Å²) in [5.41, 5.74) is 1.37. The smallest absolute Gasteiger partial charge is 0.251 e. The van der Waals surface area contributed by atoms with Gasteiger partial charge in [-0.1, -0.05) is 13.3 Å². The highest BCUT2D eigenvalue weighted by molar-refractivity contribution is 5.97. The van der Waals surface area contributed by atoms with Gasteiger partial charge in [-0.05, 0) is 18.6 Å². The number of aryl methyl sites for hydroxylation is 1.